The fourth-order valence-electron chi connectivity index (χ4n) is 2.58. The maximum absolute atomic E-state index is 6.22. The summed E-state index contributed by atoms with van der Waals surface area (Å²) >= 11 is 12.4. The predicted octanol–water partition coefficient (Wildman–Crippen LogP) is 5.53. The van der Waals surface area contributed by atoms with Crippen molar-refractivity contribution in [3.8, 4) is 11.1 Å². The van der Waals surface area contributed by atoms with E-state index < -0.39 is 0 Å². The van der Waals surface area contributed by atoms with Crippen molar-refractivity contribution in [2.75, 3.05) is 0 Å². The summed E-state index contributed by atoms with van der Waals surface area (Å²) in [5.41, 5.74) is 6.03. The van der Waals surface area contributed by atoms with E-state index in [4.69, 9.17) is 23.2 Å². The van der Waals surface area contributed by atoms with Gasteiger partial charge in [-0.2, -0.15) is 0 Å². The van der Waals surface area contributed by atoms with Crippen LogP contribution < -0.4 is 5.32 Å². The second-order valence-electron chi connectivity index (χ2n) is 5.87. The number of rotatable bonds is 4. The average Bonchev–Trinajstić information content (AvgIpc) is 3.25. The smallest absolute Gasteiger partial charge is 0.0438 e. The molecule has 1 fully saturated rings. The van der Waals surface area contributed by atoms with E-state index >= 15 is 0 Å². The fourth-order valence-corrected chi connectivity index (χ4v) is 3.00. The van der Waals surface area contributed by atoms with E-state index in [0.29, 0.717) is 6.04 Å². The van der Waals surface area contributed by atoms with E-state index in [-0.39, 0.29) is 0 Å². The first-order chi connectivity index (χ1) is 10.0. The Morgan fingerprint density at radius 3 is 2.48 bits per heavy atom. The molecule has 0 bridgehead atoms. The van der Waals surface area contributed by atoms with Crippen molar-refractivity contribution in [1.29, 1.82) is 0 Å². The van der Waals surface area contributed by atoms with Gasteiger partial charge in [-0.15, -0.1) is 0 Å². The third-order valence-electron chi connectivity index (χ3n) is 4.02. The molecule has 0 aromatic heterocycles. The highest BCUT2D eigenvalue weighted by molar-refractivity contribution is 6.31. The summed E-state index contributed by atoms with van der Waals surface area (Å²) in [6, 6.07) is 11.0. The zero-order valence-electron chi connectivity index (χ0n) is 12.3. The molecule has 1 aliphatic rings. The molecule has 0 radical (unpaired) electrons. The number of aryl methyl sites for hydroxylation is 2. The van der Waals surface area contributed by atoms with Gasteiger partial charge in [0.2, 0.25) is 0 Å². The molecule has 3 heteroatoms. The number of hydrogen-bond acceptors (Lipinski definition) is 1. The van der Waals surface area contributed by atoms with Gasteiger partial charge in [0.05, 0.1) is 0 Å². The molecule has 0 amide bonds. The standard InChI is InChI=1S/C18H19Cl2N/c1-11-8-18(20)12(2)7-17(11)16-6-3-14(19)9-13(16)10-21-15-4-5-15/h3,6-9,15,21H,4-5,10H2,1-2H3. The van der Waals surface area contributed by atoms with E-state index in [9.17, 15) is 0 Å². The molecule has 110 valence electrons. The van der Waals surface area contributed by atoms with Gasteiger partial charge >= 0.3 is 0 Å². The Morgan fingerprint density at radius 1 is 1.00 bits per heavy atom. The lowest BCUT2D eigenvalue weighted by molar-refractivity contribution is 0.689. The van der Waals surface area contributed by atoms with Crippen LogP contribution in [0.2, 0.25) is 10.0 Å². The minimum absolute atomic E-state index is 0.685. The lowest BCUT2D eigenvalue weighted by Crippen LogP contribution is -2.16. The maximum Gasteiger partial charge on any atom is 0.0438 e. The molecule has 0 atom stereocenters. The fraction of sp³-hybridized carbons (Fsp3) is 0.333. The van der Waals surface area contributed by atoms with Gasteiger partial charge < -0.3 is 5.32 Å². The highest BCUT2D eigenvalue weighted by Gasteiger charge is 2.21. The summed E-state index contributed by atoms with van der Waals surface area (Å²) in [5, 5.41) is 5.18. The van der Waals surface area contributed by atoms with Crippen LogP contribution in [0.15, 0.2) is 30.3 Å². The second kappa shape index (κ2) is 6.00. The predicted molar refractivity (Wildman–Crippen MR) is 91.2 cm³/mol. The van der Waals surface area contributed by atoms with Gasteiger partial charge in [0.1, 0.15) is 0 Å². The molecule has 1 aliphatic carbocycles. The van der Waals surface area contributed by atoms with Crippen LogP contribution in [0.25, 0.3) is 11.1 Å². The quantitative estimate of drug-likeness (QED) is 0.781. The molecule has 21 heavy (non-hydrogen) atoms. The zero-order valence-corrected chi connectivity index (χ0v) is 13.9. The Morgan fingerprint density at radius 2 is 1.76 bits per heavy atom. The van der Waals surface area contributed by atoms with Gasteiger partial charge in [0.25, 0.3) is 0 Å². The van der Waals surface area contributed by atoms with Gasteiger partial charge in [0, 0.05) is 22.6 Å². The van der Waals surface area contributed by atoms with Crippen molar-refractivity contribution in [2.45, 2.75) is 39.3 Å². The number of benzene rings is 2. The van der Waals surface area contributed by atoms with Crippen molar-refractivity contribution < 1.29 is 0 Å². The molecule has 1 saturated carbocycles. The molecule has 1 nitrogen and oxygen atoms in total. The molecule has 0 saturated heterocycles. The molecule has 2 aromatic rings. The van der Waals surface area contributed by atoms with Crippen LogP contribution in [0.5, 0.6) is 0 Å². The van der Waals surface area contributed by atoms with Crippen molar-refractivity contribution in [3.63, 3.8) is 0 Å². The third-order valence-corrected chi connectivity index (χ3v) is 4.66. The van der Waals surface area contributed by atoms with Crippen LogP contribution in [-0.4, -0.2) is 6.04 Å². The van der Waals surface area contributed by atoms with Gasteiger partial charge in [-0.05, 0) is 78.8 Å². The Balaban J connectivity index is 2.02. The number of nitrogens with one attached hydrogen (secondary N) is 1. The van der Waals surface area contributed by atoms with Crippen LogP contribution in [0, 0.1) is 13.8 Å². The SMILES string of the molecule is Cc1cc(-c2ccc(Cl)cc2CNC2CC2)c(C)cc1Cl. The number of halogens is 2. The van der Waals surface area contributed by atoms with Crippen molar-refractivity contribution >= 4 is 23.2 Å². The Bertz CT molecular complexity index is 675. The Hall–Kier alpha value is -1.02. The van der Waals surface area contributed by atoms with E-state index in [2.05, 4.69) is 30.4 Å². The molecule has 3 rings (SSSR count). The monoisotopic (exact) mass is 319 g/mol. The summed E-state index contributed by atoms with van der Waals surface area (Å²) < 4.78 is 0. The Kier molecular flexibility index (Phi) is 4.26. The molecule has 0 spiro atoms. The number of hydrogen-bond donors (Lipinski definition) is 1. The molecular weight excluding hydrogens is 301 g/mol. The first-order valence-electron chi connectivity index (χ1n) is 7.33. The van der Waals surface area contributed by atoms with E-state index in [1.807, 2.05) is 19.1 Å². The van der Waals surface area contributed by atoms with Crippen molar-refractivity contribution in [1.82, 2.24) is 5.32 Å². The van der Waals surface area contributed by atoms with Crippen LogP contribution >= 0.6 is 23.2 Å². The summed E-state index contributed by atoms with van der Waals surface area (Å²) in [7, 11) is 0. The van der Waals surface area contributed by atoms with Gasteiger partial charge in [-0.25, -0.2) is 0 Å². The third kappa shape index (κ3) is 3.42. The molecule has 0 aliphatic heterocycles. The highest BCUT2D eigenvalue weighted by Crippen LogP contribution is 2.33. The van der Waals surface area contributed by atoms with Crippen LogP contribution in [0.1, 0.15) is 29.5 Å². The van der Waals surface area contributed by atoms with Crippen LogP contribution in [0.4, 0.5) is 0 Å². The lowest BCUT2D eigenvalue weighted by Gasteiger charge is -2.15. The van der Waals surface area contributed by atoms with Gasteiger partial charge in [-0.3, -0.25) is 0 Å². The van der Waals surface area contributed by atoms with Crippen molar-refractivity contribution in [2.24, 2.45) is 0 Å². The summed E-state index contributed by atoms with van der Waals surface area (Å²) in [5.74, 6) is 0. The first kappa shape index (κ1) is 14.9. The second-order valence-corrected chi connectivity index (χ2v) is 6.72. The highest BCUT2D eigenvalue weighted by atomic mass is 35.5. The first-order valence-corrected chi connectivity index (χ1v) is 8.09. The Labute approximate surface area is 136 Å². The summed E-state index contributed by atoms with van der Waals surface area (Å²) in [4.78, 5) is 0. The van der Waals surface area contributed by atoms with Gasteiger partial charge in [0.15, 0.2) is 0 Å². The molecular formula is C18H19Cl2N. The normalized spacial score (nSPS) is 14.5. The zero-order chi connectivity index (χ0) is 15.0. The molecule has 0 heterocycles. The summed E-state index contributed by atoms with van der Waals surface area (Å²) in [6.07, 6.45) is 2.57. The summed E-state index contributed by atoms with van der Waals surface area (Å²) in [6.45, 7) is 5.01. The largest absolute Gasteiger partial charge is 0.310 e. The van der Waals surface area contributed by atoms with Gasteiger partial charge in [-0.1, -0.05) is 29.3 Å². The molecule has 1 N–H and O–H groups in total. The average molecular weight is 320 g/mol. The minimum atomic E-state index is 0.685. The van der Waals surface area contributed by atoms with E-state index in [1.54, 1.807) is 0 Å². The minimum Gasteiger partial charge on any atom is -0.310 e. The molecule has 0 unspecified atom stereocenters. The lowest BCUT2D eigenvalue weighted by atomic mass is 9.94. The molecule has 2 aromatic carbocycles. The van der Waals surface area contributed by atoms with Crippen LogP contribution in [-0.2, 0) is 6.54 Å². The maximum atomic E-state index is 6.22. The van der Waals surface area contributed by atoms with E-state index in [0.717, 1.165) is 22.2 Å². The van der Waals surface area contributed by atoms with Crippen molar-refractivity contribution in [3.05, 3.63) is 57.1 Å². The van der Waals surface area contributed by atoms with Crippen LogP contribution in [0.3, 0.4) is 0 Å². The topological polar surface area (TPSA) is 12.0 Å². The van der Waals surface area contributed by atoms with E-state index in [1.165, 1.54) is 35.1 Å².